The second kappa shape index (κ2) is 4.31. The first-order valence-electron chi connectivity index (χ1n) is 5.67. The smallest absolute Gasteiger partial charge is 0.0625 e. The van der Waals surface area contributed by atoms with E-state index in [0.29, 0.717) is 18.4 Å². The first-order valence-corrected chi connectivity index (χ1v) is 5.67. The Kier molecular flexibility index (Phi) is 3.55. The monoisotopic (exact) mass is 194 g/mol. The molecule has 2 atom stereocenters. The summed E-state index contributed by atoms with van der Waals surface area (Å²) in [6, 6.07) is 2.96. The highest BCUT2D eigenvalue weighted by molar-refractivity contribution is 4.99. The molecule has 0 aromatic heterocycles. The van der Waals surface area contributed by atoms with Crippen LogP contribution < -0.4 is 0 Å². The quantitative estimate of drug-likeness (QED) is 0.690. The molecule has 0 saturated carbocycles. The second-order valence-corrected chi connectivity index (χ2v) is 4.95. The van der Waals surface area contributed by atoms with E-state index in [1.807, 2.05) is 0 Å². The van der Waals surface area contributed by atoms with Gasteiger partial charge in [-0.2, -0.15) is 5.26 Å². The summed E-state index contributed by atoms with van der Waals surface area (Å²) < 4.78 is 0. The molecule has 1 aliphatic heterocycles. The summed E-state index contributed by atoms with van der Waals surface area (Å²) in [7, 11) is 0. The number of rotatable bonds is 3. The fourth-order valence-corrected chi connectivity index (χ4v) is 2.64. The SMILES string of the molecule is CCC(C)N1CCC(CC#N)C1(C)C. The Morgan fingerprint density at radius 2 is 2.21 bits per heavy atom. The lowest BCUT2D eigenvalue weighted by Crippen LogP contribution is -2.46. The molecule has 1 heterocycles. The van der Waals surface area contributed by atoms with Crippen LogP contribution in [0.25, 0.3) is 0 Å². The molecule has 2 unspecified atom stereocenters. The summed E-state index contributed by atoms with van der Waals surface area (Å²) in [6.45, 7) is 10.3. The molecular formula is C12H22N2. The maximum absolute atomic E-state index is 8.77. The summed E-state index contributed by atoms with van der Waals surface area (Å²) in [5, 5.41) is 8.77. The van der Waals surface area contributed by atoms with E-state index in [2.05, 4.69) is 38.7 Å². The Bertz CT molecular complexity index is 227. The van der Waals surface area contributed by atoms with Gasteiger partial charge in [0.1, 0.15) is 0 Å². The summed E-state index contributed by atoms with van der Waals surface area (Å²) in [5.41, 5.74) is 0.213. The molecule has 2 heteroatoms. The molecule has 2 nitrogen and oxygen atoms in total. The lowest BCUT2D eigenvalue weighted by molar-refractivity contribution is 0.0953. The van der Waals surface area contributed by atoms with Gasteiger partial charge in [-0.15, -0.1) is 0 Å². The molecule has 1 aliphatic rings. The maximum atomic E-state index is 8.77. The second-order valence-electron chi connectivity index (χ2n) is 4.95. The number of likely N-dealkylation sites (tertiary alicyclic amines) is 1. The van der Waals surface area contributed by atoms with Crippen molar-refractivity contribution in [3.05, 3.63) is 0 Å². The van der Waals surface area contributed by atoms with E-state index >= 15 is 0 Å². The molecule has 0 aliphatic carbocycles. The zero-order chi connectivity index (χ0) is 10.8. The summed E-state index contributed by atoms with van der Waals surface area (Å²) in [6.07, 6.45) is 3.09. The van der Waals surface area contributed by atoms with Crippen molar-refractivity contribution >= 4 is 0 Å². The standard InChI is InChI=1S/C12H22N2/c1-5-10(2)14-9-7-11(6-8-13)12(14,3)4/h10-11H,5-7,9H2,1-4H3. The predicted molar refractivity (Wildman–Crippen MR) is 58.9 cm³/mol. The number of hydrogen-bond acceptors (Lipinski definition) is 2. The number of nitriles is 1. The zero-order valence-corrected chi connectivity index (χ0v) is 9.88. The van der Waals surface area contributed by atoms with Crippen LogP contribution in [0.1, 0.15) is 47.0 Å². The Morgan fingerprint density at radius 1 is 1.57 bits per heavy atom. The van der Waals surface area contributed by atoms with E-state index in [-0.39, 0.29) is 5.54 Å². The molecule has 80 valence electrons. The van der Waals surface area contributed by atoms with Crippen LogP contribution in [-0.2, 0) is 0 Å². The van der Waals surface area contributed by atoms with Crippen molar-refractivity contribution in [1.29, 1.82) is 5.26 Å². The molecule has 1 rings (SSSR count). The lowest BCUT2D eigenvalue weighted by Gasteiger charge is -2.39. The van der Waals surface area contributed by atoms with E-state index < -0.39 is 0 Å². The Balaban J connectivity index is 2.71. The molecule has 0 radical (unpaired) electrons. The predicted octanol–water partition coefficient (Wildman–Crippen LogP) is 2.80. The molecular weight excluding hydrogens is 172 g/mol. The first-order chi connectivity index (χ1) is 6.54. The summed E-state index contributed by atoms with van der Waals surface area (Å²) in [5.74, 6) is 0.557. The van der Waals surface area contributed by atoms with E-state index in [1.54, 1.807) is 0 Å². The van der Waals surface area contributed by atoms with Crippen LogP contribution in [0.3, 0.4) is 0 Å². The molecule has 14 heavy (non-hydrogen) atoms. The number of nitrogens with zero attached hydrogens (tertiary/aromatic N) is 2. The highest BCUT2D eigenvalue weighted by Gasteiger charge is 2.42. The zero-order valence-electron chi connectivity index (χ0n) is 9.88. The van der Waals surface area contributed by atoms with Crippen LogP contribution >= 0.6 is 0 Å². The minimum absolute atomic E-state index is 0.213. The van der Waals surface area contributed by atoms with Crippen molar-refractivity contribution in [2.75, 3.05) is 6.54 Å². The van der Waals surface area contributed by atoms with Crippen LogP contribution in [0.4, 0.5) is 0 Å². The maximum Gasteiger partial charge on any atom is 0.0625 e. The summed E-state index contributed by atoms with van der Waals surface area (Å²) >= 11 is 0. The molecule has 1 saturated heterocycles. The topological polar surface area (TPSA) is 27.0 Å². The average Bonchev–Trinajstić information content (AvgIpc) is 2.42. The molecule has 0 N–H and O–H groups in total. The van der Waals surface area contributed by atoms with Gasteiger partial charge in [-0.05, 0) is 46.1 Å². The Labute approximate surface area is 87.9 Å². The van der Waals surface area contributed by atoms with Gasteiger partial charge in [0.15, 0.2) is 0 Å². The van der Waals surface area contributed by atoms with Gasteiger partial charge in [0.25, 0.3) is 0 Å². The van der Waals surface area contributed by atoms with E-state index in [4.69, 9.17) is 5.26 Å². The largest absolute Gasteiger partial charge is 0.295 e. The summed E-state index contributed by atoms with van der Waals surface area (Å²) in [4.78, 5) is 2.56. The van der Waals surface area contributed by atoms with Crippen LogP contribution in [0, 0.1) is 17.2 Å². The van der Waals surface area contributed by atoms with Gasteiger partial charge in [-0.3, -0.25) is 4.90 Å². The van der Waals surface area contributed by atoms with E-state index in [1.165, 1.54) is 12.8 Å². The third-order valence-electron chi connectivity index (χ3n) is 3.92. The lowest BCUT2D eigenvalue weighted by atomic mass is 9.85. The fraction of sp³-hybridized carbons (Fsp3) is 0.917. The van der Waals surface area contributed by atoms with Crippen LogP contribution in [0.15, 0.2) is 0 Å². The molecule has 0 aromatic carbocycles. The normalized spacial score (nSPS) is 28.6. The van der Waals surface area contributed by atoms with Crippen molar-refractivity contribution in [2.24, 2.45) is 5.92 Å². The van der Waals surface area contributed by atoms with Gasteiger partial charge >= 0.3 is 0 Å². The molecule has 1 fully saturated rings. The average molecular weight is 194 g/mol. The van der Waals surface area contributed by atoms with Gasteiger partial charge < -0.3 is 0 Å². The number of hydrogen-bond donors (Lipinski definition) is 0. The van der Waals surface area contributed by atoms with Crippen molar-refractivity contribution in [1.82, 2.24) is 4.90 Å². The van der Waals surface area contributed by atoms with Crippen molar-refractivity contribution in [3.63, 3.8) is 0 Å². The van der Waals surface area contributed by atoms with E-state index in [9.17, 15) is 0 Å². The van der Waals surface area contributed by atoms with Crippen LogP contribution in [0.5, 0.6) is 0 Å². The third-order valence-corrected chi connectivity index (χ3v) is 3.92. The highest BCUT2D eigenvalue weighted by Crippen LogP contribution is 2.38. The Morgan fingerprint density at radius 3 is 2.71 bits per heavy atom. The molecule has 0 aromatic rings. The fourth-order valence-electron chi connectivity index (χ4n) is 2.64. The van der Waals surface area contributed by atoms with Gasteiger partial charge in [0, 0.05) is 18.0 Å². The van der Waals surface area contributed by atoms with Gasteiger partial charge in [-0.25, -0.2) is 0 Å². The minimum Gasteiger partial charge on any atom is -0.295 e. The molecule has 0 bridgehead atoms. The Hall–Kier alpha value is -0.550. The first kappa shape index (κ1) is 11.5. The minimum atomic E-state index is 0.213. The highest BCUT2D eigenvalue weighted by atomic mass is 15.2. The van der Waals surface area contributed by atoms with Gasteiger partial charge in [0.2, 0.25) is 0 Å². The van der Waals surface area contributed by atoms with E-state index in [0.717, 1.165) is 6.54 Å². The molecule has 0 amide bonds. The van der Waals surface area contributed by atoms with Crippen molar-refractivity contribution in [3.8, 4) is 6.07 Å². The van der Waals surface area contributed by atoms with Crippen molar-refractivity contribution in [2.45, 2.75) is 58.5 Å². The van der Waals surface area contributed by atoms with Crippen LogP contribution in [-0.4, -0.2) is 23.0 Å². The van der Waals surface area contributed by atoms with Crippen molar-refractivity contribution < 1.29 is 0 Å². The van der Waals surface area contributed by atoms with Gasteiger partial charge in [0.05, 0.1) is 6.07 Å². The third kappa shape index (κ3) is 1.93. The van der Waals surface area contributed by atoms with Gasteiger partial charge in [-0.1, -0.05) is 6.92 Å². The van der Waals surface area contributed by atoms with Crippen LogP contribution in [0.2, 0.25) is 0 Å². The molecule has 0 spiro atoms.